The molecule has 1 fully saturated rings. The summed E-state index contributed by atoms with van der Waals surface area (Å²) in [5.41, 5.74) is 0. The number of rotatable bonds is 5. The highest BCUT2D eigenvalue weighted by Gasteiger charge is 2.31. The van der Waals surface area contributed by atoms with Crippen LogP contribution in [0.1, 0.15) is 19.3 Å². The molecule has 0 bridgehead atoms. The monoisotopic (exact) mass is 309 g/mol. The van der Waals surface area contributed by atoms with Crippen molar-refractivity contribution in [2.24, 2.45) is 0 Å². The van der Waals surface area contributed by atoms with E-state index in [2.05, 4.69) is 0 Å². The van der Waals surface area contributed by atoms with Crippen molar-refractivity contribution in [1.29, 1.82) is 0 Å². The summed E-state index contributed by atoms with van der Waals surface area (Å²) in [7, 11) is 1.61. The van der Waals surface area contributed by atoms with Crippen LogP contribution in [0, 0.1) is 0 Å². The van der Waals surface area contributed by atoms with Crippen LogP contribution in [0.2, 0.25) is 0 Å². The fraction of sp³-hybridized carbons (Fsp3) is 0.467. The summed E-state index contributed by atoms with van der Waals surface area (Å²) in [5, 5.41) is 9.19. The average molecular weight is 309 g/mol. The minimum Gasteiger partial charge on any atom is -0.497 e. The van der Waals surface area contributed by atoms with Crippen LogP contribution in [-0.4, -0.2) is 47.3 Å². The molecular weight excluding hydrogens is 290 g/mol. The molecule has 5 nitrogen and oxygen atoms in total. The molecule has 1 aliphatic heterocycles. The van der Waals surface area contributed by atoms with Crippen molar-refractivity contribution in [2.75, 3.05) is 19.4 Å². The number of amides is 1. The number of methoxy groups -OCH3 is 1. The van der Waals surface area contributed by atoms with E-state index in [0.29, 0.717) is 13.0 Å². The zero-order valence-corrected chi connectivity index (χ0v) is 12.8. The normalized spacial score (nSPS) is 18.3. The van der Waals surface area contributed by atoms with E-state index in [-0.39, 0.29) is 11.7 Å². The SMILES string of the molecule is COc1ccc(SCC(=O)N2CCCC[C@H]2C(=O)O)cc1. The highest BCUT2D eigenvalue weighted by molar-refractivity contribution is 8.00. The molecule has 1 aromatic rings. The Labute approximate surface area is 128 Å². The topological polar surface area (TPSA) is 66.8 Å². The second-order valence-electron chi connectivity index (χ2n) is 4.90. The third-order valence-electron chi connectivity index (χ3n) is 3.53. The fourth-order valence-corrected chi connectivity index (χ4v) is 3.17. The van der Waals surface area contributed by atoms with Crippen LogP contribution in [0.4, 0.5) is 0 Å². The highest BCUT2D eigenvalue weighted by Crippen LogP contribution is 2.23. The molecule has 6 heteroatoms. The molecule has 0 aliphatic carbocycles. The Morgan fingerprint density at radius 3 is 2.67 bits per heavy atom. The number of piperidine rings is 1. The quantitative estimate of drug-likeness (QED) is 0.845. The number of hydrogen-bond acceptors (Lipinski definition) is 4. The number of carboxylic acid groups (broad SMARTS) is 1. The summed E-state index contributed by atoms with van der Waals surface area (Å²) in [4.78, 5) is 25.9. The second kappa shape index (κ2) is 7.36. The smallest absolute Gasteiger partial charge is 0.326 e. The predicted molar refractivity (Wildman–Crippen MR) is 80.7 cm³/mol. The molecule has 0 aromatic heterocycles. The average Bonchev–Trinajstić information content (AvgIpc) is 2.53. The highest BCUT2D eigenvalue weighted by atomic mass is 32.2. The Morgan fingerprint density at radius 2 is 2.05 bits per heavy atom. The van der Waals surface area contributed by atoms with Crippen molar-refractivity contribution in [2.45, 2.75) is 30.2 Å². The lowest BCUT2D eigenvalue weighted by Gasteiger charge is -2.32. The molecule has 114 valence electrons. The van der Waals surface area contributed by atoms with Gasteiger partial charge in [-0.15, -0.1) is 11.8 Å². The Morgan fingerprint density at radius 1 is 1.33 bits per heavy atom. The van der Waals surface area contributed by atoms with Crippen molar-refractivity contribution < 1.29 is 19.4 Å². The Balaban J connectivity index is 1.91. The first-order valence-corrected chi connectivity index (χ1v) is 7.89. The molecule has 2 rings (SSSR count). The largest absolute Gasteiger partial charge is 0.497 e. The molecule has 0 unspecified atom stereocenters. The molecule has 1 heterocycles. The minimum absolute atomic E-state index is 0.108. The number of aliphatic carboxylic acids is 1. The molecule has 21 heavy (non-hydrogen) atoms. The molecular formula is C15H19NO4S. The first-order chi connectivity index (χ1) is 10.1. The summed E-state index contributed by atoms with van der Waals surface area (Å²) in [6.45, 7) is 0.541. The van der Waals surface area contributed by atoms with Crippen LogP contribution in [-0.2, 0) is 9.59 Å². The van der Waals surface area contributed by atoms with Gasteiger partial charge in [0.2, 0.25) is 5.91 Å². The van der Waals surface area contributed by atoms with Crippen molar-refractivity contribution in [3.05, 3.63) is 24.3 Å². The number of benzene rings is 1. The Bertz CT molecular complexity index is 503. The van der Waals surface area contributed by atoms with E-state index < -0.39 is 12.0 Å². The molecule has 0 spiro atoms. The van der Waals surface area contributed by atoms with Gasteiger partial charge >= 0.3 is 5.97 Å². The number of carbonyl (C=O) groups excluding carboxylic acids is 1. The maximum atomic E-state index is 12.2. The fourth-order valence-electron chi connectivity index (χ4n) is 2.39. The lowest BCUT2D eigenvalue weighted by Crippen LogP contribution is -2.48. The third kappa shape index (κ3) is 4.14. The summed E-state index contributed by atoms with van der Waals surface area (Å²) in [5.74, 6) is 0.0175. The van der Waals surface area contributed by atoms with Gasteiger partial charge in [-0.05, 0) is 43.5 Å². The van der Waals surface area contributed by atoms with Crippen LogP contribution >= 0.6 is 11.8 Å². The maximum Gasteiger partial charge on any atom is 0.326 e. The summed E-state index contributed by atoms with van der Waals surface area (Å²) in [6.07, 6.45) is 2.30. The van der Waals surface area contributed by atoms with Gasteiger partial charge in [-0.25, -0.2) is 4.79 Å². The number of carboxylic acids is 1. The zero-order valence-electron chi connectivity index (χ0n) is 11.9. The van der Waals surface area contributed by atoms with Gasteiger partial charge in [0.25, 0.3) is 0 Å². The Hall–Kier alpha value is -1.69. The van der Waals surface area contributed by atoms with E-state index in [4.69, 9.17) is 4.74 Å². The van der Waals surface area contributed by atoms with E-state index in [1.54, 1.807) is 7.11 Å². The lowest BCUT2D eigenvalue weighted by atomic mass is 10.0. The van der Waals surface area contributed by atoms with Crippen LogP contribution in [0.5, 0.6) is 5.75 Å². The number of thioether (sulfide) groups is 1. The molecule has 1 aromatic carbocycles. The van der Waals surface area contributed by atoms with E-state index >= 15 is 0 Å². The number of hydrogen-bond donors (Lipinski definition) is 1. The third-order valence-corrected chi connectivity index (χ3v) is 4.53. The summed E-state index contributed by atoms with van der Waals surface area (Å²) >= 11 is 1.42. The van der Waals surface area contributed by atoms with Gasteiger partial charge < -0.3 is 14.7 Å². The van der Waals surface area contributed by atoms with Crippen molar-refractivity contribution in [1.82, 2.24) is 4.90 Å². The van der Waals surface area contributed by atoms with Crippen LogP contribution < -0.4 is 4.74 Å². The molecule has 1 saturated heterocycles. The summed E-state index contributed by atoms with van der Waals surface area (Å²) in [6, 6.07) is 6.80. The standard InChI is InChI=1S/C15H19NO4S/c1-20-11-5-7-12(8-6-11)21-10-14(17)16-9-3-2-4-13(16)15(18)19/h5-8,13H,2-4,9-10H2,1H3,(H,18,19)/t13-/m0/s1. The van der Waals surface area contributed by atoms with Gasteiger partial charge in [0, 0.05) is 11.4 Å². The molecule has 1 N–H and O–H groups in total. The number of likely N-dealkylation sites (tertiary alicyclic amines) is 1. The van der Waals surface area contributed by atoms with Crippen molar-refractivity contribution in [3.8, 4) is 5.75 Å². The van der Waals surface area contributed by atoms with Crippen LogP contribution in [0.15, 0.2) is 29.2 Å². The number of ether oxygens (including phenoxy) is 1. The van der Waals surface area contributed by atoms with Crippen molar-refractivity contribution >= 4 is 23.6 Å². The van der Waals surface area contributed by atoms with Gasteiger partial charge in [-0.2, -0.15) is 0 Å². The van der Waals surface area contributed by atoms with E-state index in [1.807, 2.05) is 24.3 Å². The summed E-state index contributed by atoms with van der Waals surface area (Å²) < 4.78 is 5.08. The molecule has 1 aliphatic rings. The Kier molecular flexibility index (Phi) is 5.50. The van der Waals surface area contributed by atoms with Gasteiger partial charge in [0.15, 0.2) is 0 Å². The van der Waals surface area contributed by atoms with Gasteiger partial charge in [0.05, 0.1) is 12.9 Å². The predicted octanol–water partition coefficient (Wildman–Crippen LogP) is 2.25. The zero-order chi connectivity index (χ0) is 15.2. The van der Waals surface area contributed by atoms with Crippen LogP contribution in [0.3, 0.4) is 0 Å². The first kappa shape index (κ1) is 15.7. The van der Waals surface area contributed by atoms with E-state index in [0.717, 1.165) is 23.5 Å². The lowest BCUT2D eigenvalue weighted by molar-refractivity contribution is -0.150. The van der Waals surface area contributed by atoms with Crippen molar-refractivity contribution in [3.63, 3.8) is 0 Å². The van der Waals surface area contributed by atoms with Gasteiger partial charge in [0.1, 0.15) is 11.8 Å². The number of carbonyl (C=O) groups is 2. The van der Waals surface area contributed by atoms with Gasteiger partial charge in [-0.3, -0.25) is 4.79 Å². The number of nitrogens with zero attached hydrogens (tertiary/aromatic N) is 1. The molecule has 0 saturated carbocycles. The maximum absolute atomic E-state index is 12.2. The van der Waals surface area contributed by atoms with E-state index in [1.165, 1.54) is 16.7 Å². The van der Waals surface area contributed by atoms with E-state index in [9.17, 15) is 14.7 Å². The van der Waals surface area contributed by atoms with Crippen LogP contribution in [0.25, 0.3) is 0 Å². The minimum atomic E-state index is -0.905. The molecule has 1 amide bonds. The first-order valence-electron chi connectivity index (χ1n) is 6.91. The second-order valence-corrected chi connectivity index (χ2v) is 5.95. The van der Waals surface area contributed by atoms with Gasteiger partial charge in [-0.1, -0.05) is 0 Å². The molecule has 0 radical (unpaired) electrons. The molecule has 1 atom stereocenters.